The van der Waals surface area contributed by atoms with Crippen molar-refractivity contribution in [2.45, 2.75) is 25.7 Å². The zero-order valence-electron chi connectivity index (χ0n) is 11.3. The number of hydrogen-bond donors (Lipinski definition) is 2. The predicted molar refractivity (Wildman–Crippen MR) is 78.9 cm³/mol. The van der Waals surface area contributed by atoms with Gasteiger partial charge in [-0.1, -0.05) is 0 Å². The summed E-state index contributed by atoms with van der Waals surface area (Å²) in [6.07, 6.45) is 2.43. The topological polar surface area (TPSA) is 67.3 Å². The first-order valence-electron chi connectivity index (χ1n) is 6.71. The van der Waals surface area contributed by atoms with Crippen LogP contribution in [0.3, 0.4) is 0 Å². The Morgan fingerprint density at radius 1 is 1.45 bits per heavy atom. The standard InChI is InChI=1S/C14H17N3O2S/c1-9-8-11(4-5-12(9)19-7-6-18)15-14-16-13(17-20-14)10-2-3-10/h4-5,8,10,18H,2-3,6-7H2,1H3,(H,15,16,17). The van der Waals surface area contributed by atoms with Crippen LogP contribution in [-0.4, -0.2) is 27.7 Å². The molecule has 3 rings (SSSR count). The predicted octanol–water partition coefficient (Wildman–Crippen LogP) is 2.84. The third-order valence-corrected chi connectivity index (χ3v) is 3.80. The summed E-state index contributed by atoms with van der Waals surface area (Å²) in [5.74, 6) is 2.34. The van der Waals surface area contributed by atoms with Gasteiger partial charge >= 0.3 is 0 Å². The molecule has 0 atom stereocenters. The zero-order chi connectivity index (χ0) is 13.9. The lowest BCUT2D eigenvalue weighted by Gasteiger charge is -2.09. The molecule has 1 fully saturated rings. The van der Waals surface area contributed by atoms with Crippen molar-refractivity contribution in [1.29, 1.82) is 0 Å². The van der Waals surface area contributed by atoms with Gasteiger partial charge in [0.1, 0.15) is 18.2 Å². The lowest BCUT2D eigenvalue weighted by atomic mass is 10.2. The molecule has 2 N–H and O–H groups in total. The highest BCUT2D eigenvalue weighted by molar-refractivity contribution is 7.09. The minimum Gasteiger partial charge on any atom is -0.491 e. The highest BCUT2D eigenvalue weighted by Gasteiger charge is 2.27. The third kappa shape index (κ3) is 3.08. The normalized spacial score (nSPS) is 14.3. The highest BCUT2D eigenvalue weighted by Crippen LogP contribution is 2.39. The van der Waals surface area contributed by atoms with Gasteiger partial charge in [0.05, 0.1) is 6.61 Å². The van der Waals surface area contributed by atoms with Gasteiger partial charge in [-0.2, -0.15) is 4.37 Å². The van der Waals surface area contributed by atoms with Gasteiger partial charge in [0, 0.05) is 23.1 Å². The van der Waals surface area contributed by atoms with Crippen molar-refractivity contribution in [3.05, 3.63) is 29.6 Å². The molecule has 0 spiro atoms. The van der Waals surface area contributed by atoms with E-state index in [9.17, 15) is 0 Å². The van der Waals surface area contributed by atoms with E-state index in [2.05, 4.69) is 14.7 Å². The fourth-order valence-corrected chi connectivity index (χ4v) is 2.63. The summed E-state index contributed by atoms with van der Waals surface area (Å²) in [5, 5.41) is 12.9. The van der Waals surface area contributed by atoms with Crippen molar-refractivity contribution in [2.24, 2.45) is 0 Å². The van der Waals surface area contributed by atoms with E-state index < -0.39 is 0 Å². The molecule has 5 nitrogen and oxygen atoms in total. The smallest absolute Gasteiger partial charge is 0.207 e. The molecule has 0 saturated heterocycles. The monoisotopic (exact) mass is 291 g/mol. The van der Waals surface area contributed by atoms with Crippen molar-refractivity contribution in [3.63, 3.8) is 0 Å². The van der Waals surface area contributed by atoms with E-state index in [1.165, 1.54) is 24.4 Å². The van der Waals surface area contributed by atoms with Gasteiger partial charge in [0.25, 0.3) is 0 Å². The molecule has 0 aliphatic heterocycles. The highest BCUT2D eigenvalue weighted by atomic mass is 32.1. The van der Waals surface area contributed by atoms with E-state index in [4.69, 9.17) is 9.84 Å². The minimum absolute atomic E-state index is 0.0220. The van der Waals surface area contributed by atoms with Crippen LogP contribution >= 0.6 is 11.5 Å². The summed E-state index contributed by atoms with van der Waals surface area (Å²) in [6, 6.07) is 5.85. The van der Waals surface area contributed by atoms with E-state index in [0.29, 0.717) is 12.5 Å². The number of nitrogens with zero attached hydrogens (tertiary/aromatic N) is 2. The maximum absolute atomic E-state index is 8.77. The average Bonchev–Trinajstić information content (AvgIpc) is 3.19. The molecule has 0 bridgehead atoms. The van der Waals surface area contributed by atoms with Crippen LogP contribution < -0.4 is 10.1 Å². The number of aromatic nitrogens is 2. The number of aliphatic hydroxyl groups excluding tert-OH is 1. The van der Waals surface area contributed by atoms with Crippen LogP contribution in [0.15, 0.2) is 18.2 Å². The summed E-state index contributed by atoms with van der Waals surface area (Å²) >= 11 is 1.40. The number of aryl methyl sites for hydroxylation is 1. The second-order valence-corrected chi connectivity index (χ2v) is 5.66. The number of benzene rings is 1. The SMILES string of the molecule is Cc1cc(Nc2nc(C3CC3)ns2)ccc1OCCO. The Morgan fingerprint density at radius 3 is 3.00 bits per heavy atom. The van der Waals surface area contributed by atoms with E-state index in [1.54, 1.807) is 0 Å². The minimum atomic E-state index is 0.0220. The molecule has 6 heteroatoms. The molecule has 1 heterocycles. The lowest BCUT2D eigenvalue weighted by molar-refractivity contribution is 0.200. The summed E-state index contributed by atoms with van der Waals surface area (Å²) in [6.45, 7) is 2.32. The number of aliphatic hydroxyl groups is 1. The second-order valence-electron chi connectivity index (χ2n) is 4.91. The first-order chi connectivity index (χ1) is 9.76. The molecule has 1 aliphatic carbocycles. The molecule has 0 radical (unpaired) electrons. The Kier molecular flexibility index (Phi) is 3.84. The molecule has 1 aromatic heterocycles. The van der Waals surface area contributed by atoms with Crippen molar-refractivity contribution >= 4 is 22.4 Å². The molecule has 106 valence electrons. The molecule has 1 aromatic carbocycles. The molecule has 0 amide bonds. The van der Waals surface area contributed by atoms with Gasteiger partial charge in [0.15, 0.2) is 0 Å². The van der Waals surface area contributed by atoms with Crippen molar-refractivity contribution in [1.82, 2.24) is 9.36 Å². The third-order valence-electron chi connectivity index (χ3n) is 3.16. The first kappa shape index (κ1) is 13.3. The van der Waals surface area contributed by atoms with Crippen LogP contribution in [0.4, 0.5) is 10.8 Å². The maximum Gasteiger partial charge on any atom is 0.207 e. The van der Waals surface area contributed by atoms with Crippen LogP contribution in [-0.2, 0) is 0 Å². The second kappa shape index (κ2) is 5.76. The molecule has 2 aromatic rings. The number of hydrogen-bond acceptors (Lipinski definition) is 6. The number of anilines is 2. The Bertz CT molecular complexity index is 596. The molecule has 1 aliphatic rings. The zero-order valence-corrected chi connectivity index (χ0v) is 12.1. The van der Waals surface area contributed by atoms with Crippen molar-refractivity contribution in [3.8, 4) is 5.75 Å². The van der Waals surface area contributed by atoms with Gasteiger partial charge in [-0.25, -0.2) is 4.98 Å². The maximum atomic E-state index is 8.77. The van der Waals surface area contributed by atoms with Gasteiger partial charge in [0.2, 0.25) is 5.13 Å². The fourth-order valence-electron chi connectivity index (χ4n) is 1.96. The van der Waals surface area contributed by atoms with Crippen LogP contribution in [0, 0.1) is 6.92 Å². The fraction of sp³-hybridized carbons (Fsp3) is 0.429. The van der Waals surface area contributed by atoms with Crippen LogP contribution in [0.5, 0.6) is 5.75 Å². The number of nitrogens with one attached hydrogen (secondary N) is 1. The van der Waals surface area contributed by atoms with Gasteiger partial charge < -0.3 is 15.2 Å². The van der Waals surface area contributed by atoms with Crippen LogP contribution in [0.2, 0.25) is 0 Å². The molecule has 20 heavy (non-hydrogen) atoms. The van der Waals surface area contributed by atoms with E-state index in [-0.39, 0.29) is 6.61 Å². The largest absolute Gasteiger partial charge is 0.491 e. The van der Waals surface area contributed by atoms with Crippen molar-refractivity contribution in [2.75, 3.05) is 18.5 Å². The Hall–Kier alpha value is -1.66. The Balaban J connectivity index is 1.68. The Labute approximate surface area is 121 Å². The summed E-state index contributed by atoms with van der Waals surface area (Å²) in [4.78, 5) is 4.50. The summed E-state index contributed by atoms with van der Waals surface area (Å²) in [5.41, 5.74) is 1.99. The summed E-state index contributed by atoms with van der Waals surface area (Å²) < 4.78 is 9.80. The van der Waals surface area contributed by atoms with Gasteiger partial charge in [-0.05, 0) is 43.5 Å². The molecular formula is C14H17N3O2S. The van der Waals surface area contributed by atoms with Gasteiger partial charge in [-0.3, -0.25) is 0 Å². The number of ether oxygens (including phenoxy) is 1. The van der Waals surface area contributed by atoms with E-state index in [1.807, 2.05) is 25.1 Å². The number of rotatable bonds is 6. The van der Waals surface area contributed by atoms with E-state index in [0.717, 1.165) is 28.0 Å². The lowest BCUT2D eigenvalue weighted by Crippen LogP contribution is -2.03. The molecule has 0 unspecified atom stereocenters. The van der Waals surface area contributed by atoms with Crippen LogP contribution in [0.25, 0.3) is 0 Å². The quantitative estimate of drug-likeness (QED) is 0.856. The Morgan fingerprint density at radius 2 is 2.30 bits per heavy atom. The van der Waals surface area contributed by atoms with Gasteiger partial charge in [-0.15, -0.1) is 0 Å². The first-order valence-corrected chi connectivity index (χ1v) is 7.48. The summed E-state index contributed by atoms with van der Waals surface area (Å²) in [7, 11) is 0. The molecule has 1 saturated carbocycles. The average molecular weight is 291 g/mol. The van der Waals surface area contributed by atoms with Crippen molar-refractivity contribution < 1.29 is 9.84 Å². The van der Waals surface area contributed by atoms with Crippen LogP contribution in [0.1, 0.15) is 30.1 Å². The molecular weight excluding hydrogens is 274 g/mol. The van der Waals surface area contributed by atoms with E-state index >= 15 is 0 Å².